The van der Waals surface area contributed by atoms with Crippen LogP contribution in [0.1, 0.15) is 20.7 Å². The molecule has 0 N–H and O–H groups in total. The van der Waals surface area contributed by atoms with Crippen LogP contribution in [0.15, 0.2) is 24.3 Å². The van der Waals surface area contributed by atoms with Crippen molar-refractivity contribution in [2.24, 2.45) is 0 Å². The van der Waals surface area contributed by atoms with Crippen molar-refractivity contribution < 1.29 is 9.59 Å². The molecule has 1 aromatic carbocycles. The van der Waals surface area contributed by atoms with E-state index in [0.29, 0.717) is 23.7 Å². The third kappa shape index (κ3) is 2.51. The summed E-state index contributed by atoms with van der Waals surface area (Å²) in [5, 5.41) is 0. The highest BCUT2D eigenvalue weighted by Crippen LogP contribution is 1.99. The van der Waals surface area contributed by atoms with Crippen molar-refractivity contribution in [1.82, 2.24) is 0 Å². The van der Waals surface area contributed by atoms with Crippen molar-refractivity contribution in [1.29, 1.82) is 0 Å². The fourth-order valence-electron chi connectivity index (χ4n) is 0.706. The number of benzene rings is 1. The van der Waals surface area contributed by atoms with Gasteiger partial charge in [-0.1, -0.05) is 18.2 Å². The summed E-state index contributed by atoms with van der Waals surface area (Å²) in [4.78, 5) is 20.3. The Balaban J connectivity index is 0.000001000. The van der Waals surface area contributed by atoms with Gasteiger partial charge in [-0.15, -0.1) is 12.4 Å². The van der Waals surface area contributed by atoms with Crippen LogP contribution in [0.4, 0.5) is 0 Å². The lowest BCUT2D eigenvalue weighted by atomic mass is 10.2. The fraction of sp³-hybridized carbons (Fsp3) is 0. The molecule has 58 valence electrons. The third-order valence-corrected chi connectivity index (χ3v) is 1.18. The van der Waals surface area contributed by atoms with Crippen LogP contribution in [0.25, 0.3) is 0 Å². The average Bonchev–Trinajstić information content (AvgIpc) is 2.05. The molecule has 11 heavy (non-hydrogen) atoms. The van der Waals surface area contributed by atoms with Gasteiger partial charge in [0.25, 0.3) is 0 Å². The summed E-state index contributed by atoms with van der Waals surface area (Å²) < 4.78 is 0. The van der Waals surface area contributed by atoms with E-state index < -0.39 is 0 Å². The zero-order valence-corrected chi connectivity index (χ0v) is 6.51. The minimum Gasteiger partial charge on any atom is -0.298 e. The van der Waals surface area contributed by atoms with E-state index in [1.807, 2.05) is 0 Å². The maximum Gasteiger partial charge on any atom is 0.150 e. The molecular formula is C8H7ClO2. The minimum atomic E-state index is 0. The van der Waals surface area contributed by atoms with Crippen LogP contribution in [0.5, 0.6) is 0 Å². The van der Waals surface area contributed by atoms with Crippen LogP contribution in [0, 0.1) is 0 Å². The summed E-state index contributed by atoms with van der Waals surface area (Å²) in [6.07, 6.45) is 1.43. The summed E-state index contributed by atoms with van der Waals surface area (Å²) in [5.74, 6) is 0. The first-order valence-electron chi connectivity index (χ1n) is 2.87. The molecule has 0 aliphatic rings. The SMILES string of the molecule is Cl.O=Cc1cccc(C=O)c1. The first kappa shape index (κ1) is 9.85. The number of halogens is 1. The van der Waals surface area contributed by atoms with Gasteiger partial charge in [-0.25, -0.2) is 0 Å². The molecule has 0 aromatic heterocycles. The van der Waals surface area contributed by atoms with Gasteiger partial charge < -0.3 is 0 Å². The van der Waals surface area contributed by atoms with Gasteiger partial charge in [0.05, 0.1) is 0 Å². The number of rotatable bonds is 2. The molecule has 0 unspecified atom stereocenters. The number of hydrogen-bond acceptors (Lipinski definition) is 2. The Morgan fingerprint density at radius 1 is 1.00 bits per heavy atom. The molecule has 0 aliphatic carbocycles. The van der Waals surface area contributed by atoms with Crippen LogP contribution in [-0.4, -0.2) is 12.6 Å². The maximum atomic E-state index is 10.2. The third-order valence-electron chi connectivity index (χ3n) is 1.18. The predicted molar refractivity (Wildman–Crippen MR) is 44.5 cm³/mol. The largest absolute Gasteiger partial charge is 0.298 e. The Morgan fingerprint density at radius 3 is 1.82 bits per heavy atom. The molecule has 2 nitrogen and oxygen atoms in total. The smallest absolute Gasteiger partial charge is 0.150 e. The lowest BCUT2D eigenvalue weighted by Gasteiger charge is -1.89. The van der Waals surface area contributed by atoms with E-state index in [-0.39, 0.29) is 12.4 Å². The van der Waals surface area contributed by atoms with E-state index in [0.717, 1.165) is 0 Å². The molecule has 0 amide bonds. The van der Waals surface area contributed by atoms with Crippen LogP contribution in [0.3, 0.4) is 0 Å². The number of carbonyl (C=O) groups excluding carboxylic acids is 2. The summed E-state index contributed by atoms with van der Waals surface area (Å²) in [6, 6.07) is 6.52. The van der Waals surface area contributed by atoms with Crippen molar-refractivity contribution >= 4 is 25.0 Å². The van der Waals surface area contributed by atoms with Gasteiger partial charge in [0.15, 0.2) is 0 Å². The number of hydrogen-bond donors (Lipinski definition) is 0. The Hall–Kier alpha value is -1.15. The molecular weight excluding hydrogens is 164 g/mol. The summed E-state index contributed by atoms with van der Waals surface area (Å²) in [6.45, 7) is 0. The van der Waals surface area contributed by atoms with Gasteiger partial charge in [0, 0.05) is 11.1 Å². The highest BCUT2D eigenvalue weighted by molar-refractivity contribution is 5.85. The van der Waals surface area contributed by atoms with E-state index in [9.17, 15) is 9.59 Å². The van der Waals surface area contributed by atoms with Gasteiger partial charge in [0.1, 0.15) is 12.6 Å². The highest BCUT2D eigenvalue weighted by atomic mass is 35.5. The van der Waals surface area contributed by atoms with Gasteiger partial charge >= 0.3 is 0 Å². The van der Waals surface area contributed by atoms with Crippen molar-refractivity contribution in [2.75, 3.05) is 0 Å². The molecule has 0 heterocycles. The standard InChI is InChI=1S/C8H6O2.ClH/c9-5-7-2-1-3-8(4-7)6-10;/h1-6H;1H. The first-order chi connectivity index (χ1) is 4.86. The van der Waals surface area contributed by atoms with Crippen molar-refractivity contribution in [3.05, 3.63) is 35.4 Å². The number of aldehydes is 2. The van der Waals surface area contributed by atoms with Gasteiger partial charge in [-0.3, -0.25) is 9.59 Å². The molecule has 1 aromatic rings. The van der Waals surface area contributed by atoms with Crippen molar-refractivity contribution in [3.63, 3.8) is 0 Å². The van der Waals surface area contributed by atoms with Crippen molar-refractivity contribution in [2.45, 2.75) is 0 Å². The normalized spacial score (nSPS) is 8.00. The monoisotopic (exact) mass is 170 g/mol. The second-order valence-electron chi connectivity index (χ2n) is 1.91. The molecule has 0 atom stereocenters. The van der Waals surface area contributed by atoms with Crippen LogP contribution < -0.4 is 0 Å². The Bertz CT molecular complexity index is 235. The molecule has 0 bridgehead atoms. The summed E-state index contributed by atoms with van der Waals surface area (Å²) >= 11 is 0. The van der Waals surface area contributed by atoms with E-state index in [1.165, 1.54) is 0 Å². The molecule has 0 spiro atoms. The summed E-state index contributed by atoms with van der Waals surface area (Å²) in [5.41, 5.74) is 1.06. The van der Waals surface area contributed by atoms with Crippen LogP contribution >= 0.6 is 12.4 Å². The molecule has 1 rings (SSSR count). The number of carbonyl (C=O) groups is 2. The van der Waals surface area contributed by atoms with Gasteiger partial charge in [-0.2, -0.15) is 0 Å². The molecule has 0 aliphatic heterocycles. The lowest BCUT2D eigenvalue weighted by molar-refractivity contribution is 0.112. The zero-order chi connectivity index (χ0) is 7.40. The maximum absolute atomic E-state index is 10.2. The van der Waals surface area contributed by atoms with E-state index in [4.69, 9.17) is 0 Å². The van der Waals surface area contributed by atoms with Crippen LogP contribution in [0.2, 0.25) is 0 Å². The van der Waals surface area contributed by atoms with E-state index in [2.05, 4.69) is 0 Å². The highest BCUT2D eigenvalue weighted by Gasteiger charge is 1.90. The van der Waals surface area contributed by atoms with Gasteiger partial charge in [0.2, 0.25) is 0 Å². The second-order valence-corrected chi connectivity index (χ2v) is 1.91. The molecule has 0 fully saturated rings. The quantitative estimate of drug-likeness (QED) is 0.634. The Kier molecular flexibility index (Phi) is 4.15. The first-order valence-corrected chi connectivity index (χ1v) is 2.87. The minimum absolute atomic E-state index is 0. The van der Waals surface area contributed by atoms with Gasteiger partial charge in [-0.05, 0) is 6.07 Å². The topological polar surface area (TPSA) is 34.1 Å². The van der Waals surface area contributed by atoms with E-state index >= 15 is 0 Å². The Labute approximate surface area is 70.6 Å². The van der Waals surface area contributed by atoms with E-state index in [1.54, 1.807) is 24.3 Å². The average molecular weight is 171 g/mol. The van der Waals surface area contributed by atoms with Crippen LogP contribution in [-0.2, 0) is 0 Å². The Morgan fingerprint density at radius 2 is 1.45 bits per heavy atom. The molecule has 0 saturated carbocycles. The predicted octanol–water partition coefficient (Wildman–Crippen LogP) is 1.73. The zero-order valence-electron chi connectivity index (χ0n) is 5.69. The summed E-state index contributed by atoms with van der Waals surface area (Å²) in [7, 11) is 0. The molecule has 0 saturated heterocycles. The lowest BCUT2D eigenvalue weighted by Crippen LogP contribution is -1.82. The molecule has 0 radical (unpaired) electrons. The fourth-order valence-corrected chi connectivity index (χ4v) is 0.706. The second kappa shape index (κ2) is 4.63. The molecule has 3 heteroatoms. The van der Waals surface area contributed by atoms with Crippen molar-refractivity contribution in [3.8, 4) is 0 Å².